The predicted octanol–water partition coefficient (Wildman–Crippen LogP) is -0.410. The van der Waals surface area contributed by atoms with E-state index in [9.17, 15) is 4.79 Å². The molecule has 0 aliphatic carbocycles. The van der Waals surface area contributed by atoms with Crippen molar-refractivity contribution in [2.45, 2.75) is 6.92 Å². The van der Waals surface area contributed by atoms with Crippen LogP contribution in [0.3, 0.4) is 0 Å². The Morgan fingerprint density at radius 1 is 1.86 bits per heavy atom. The zero-order valence-electron chi connectivity index (χ0n) is 3.93. The van der Waals surface area contributed by atoms with Gasteiger partial charge in [0.2, 0.25) is 5.91 Å². The fraction of sp³-hybridized carbons (Fsp3) is 0.250. The van der Waals surface area contributed by atoms with Crippen molar-refractivity contribution < 1.29 is 4.79 Å². The second-order valence-electron chi connectivity index (χ2n) is 1.10. The molecule has 0 aromatic rings. The molecule has 0 saturated heterocycles. The Morgan fingerprint density at radius 3 is 2.29 bits per heavy atom. The molecule has 0 rings (SSSR count). The molecule has 0 aromatic heterocycles. The zero-order valence-corrected chi connectivity index (χ0v) is 3.93. The van der Waals surface area contributed by atoms with Crippen molar-refractivity contribution in [2.75, 3.05) is 0 Å². The molecule has 0 saturated carbocycles. The van der Waals surface area contributed by atoms with Crippen LogP contribution in [0, 0.1) is 17.2 Å². The van der Waals surface area contributed by atoms with Gasteiger partial charge in [-0.1, -0.05) is 0 Å². The van der Waals surface area contributed by atoms with Gasteiger partial charge in [-0.2, -0.15) is 5.26 Å². The summed E-state index contributed by atoms with van der Waals surface area (Å²) in [5, 5.41) is 7.92. The van der Waals surface area contributed by atoms with Crippen molar-refractivity contribution in [3.63, 3.8) is 0 Å². The maximum absolute atomic E-state index is 9.89. The van der Waals surface area contributed by atoms with E-state index in [1.165, 1.54) is 6.92 Å². The highest BCUT2D eigenvalue weighted by Gasteiger charge is 2.05. The average Bonchev–Trinajstić information content (AvgIpc) is 1.65. The molecule has 37 valence electrons. The monoisotopic (exact) mass is 97.0 g/mol. The summed E-state index contributed by atoms with van der Waals surface area (Å²) in [6.45, 7) is 1.38. The Labute approximate surface area is 41.7 Å². The van der Waals surface area contributed by atoms with E-state index in [2.05, 4.69) is 5.73 Å². The fourth-order valence-electron chi connectivity index (χ4n) is 0.0551. The molecular weight excluding hydrogens is 92.1 g/mol. The summed E-state index contributed by atoms with van der Waals surface area (Å²) in [5.74, 6) is -0.609. The summed E-state index contributed by atoms with van der Waals surface area (Å²) in [4.78, 5) is 9.89. The molecular formula is C4H5N2O. The fourth-order valence-corrected chi connectivity index (χ4v) is 0.0551. The molecule has 0 heterocycles. The first-order valence-corrected chi connectivity index (χ1v) is 1.72. The minimum Gasteiger partial charge on any atom is -0.368 e. The van der Waals surface area contributed by atoms with Crippen LogP contribution < -0.4 is 5.73 Å². The molecule has 0 unspecified atom stereocenters. The number of hydrogen-bond acceptors (Lipinski definition) is 2. The number of rotatable bonds is 1. The number of hydrogen-bond donors (Lipinski definition) is 1. The van der Waals surface area contributed by atoms with Crippen LogP contribution in [0.1, 0.15) is 6.92 Å². The number of nitrogens with zero attached hydrogens (tertiary/aromatic N) is 1. The molecule has 0 atom stereocenters. The quantitative estimate of drug-likeness (QED) is 0.483. The van der Waals surface area contributed by atoms with Gasteiger partial charge in [0, 0.05) is 0 Å². The maximum atomic E-state index is 9.89. The second-order valence-corrected chi connectivity index (χ2v) is 1.10. The van der Waals surface area contributed by atoms with Crippen LogP contribution in [0.25, 0.3) is 0 Å². The van der Waals surface area contributed by atoms with E-state index >= 15 is 0 Å². The SMILES string of the molecule is C[C](C#N)C(N)=O. The molecule has 1 radical (unpaired) electrons. The highest BCUT2D eigenvalue weighted by Crippen LogP contribution is 1.88. The van der Waals surface area contributed by atoms with Crippen LogP contribution in [-0.4, -0.2) is 5.91 Å². The highest BCUT2D eigenvalue weighted by molar-refractivity contribution is 5.91. The van der Waals surface area contributed by atoms with Crippen molar-refractivity contribution in [2.24, 2.45) is 5.73 Å². The van der Waals surface area contributed by atoms with E-state index in [0.29, 0.717) is 0 Å². The number of nitriles is 1. The molecule has 0 fully saturated rings. The van der Waals surface area contributed by atoms with Gasteiger partial charge >= 0.3 is 0 Å². The van der Waals surface area contributed by atoms with Crippen molar-refractivity contribution in [3.8, 4) is 6.07 Å². The normalized spacial score (nSPS) is 8.14. The first-order valence-electron chi connectivity index (χ1n) is 1.72. The zero-order chi connectivity index (χ0) is 5.86. The van der Waals surface area contributed by atoms with E-state index in [0.717, 1.165) is 0 Å². The second kappa shape index (κ2) is 2.19. The maximum Gasteiger partial charge on any atom is 0.239 e. The largest absolute Gasteiger partial charge is 0.368 e. The van der Waals surface area contributed by atoms with E-state index < -0.39 is 5.91 Å². The molecule has 3 heteroatoms. The Kier molecular flexibility index (Phi) is 1.86. The van der Waals surface area contributed by atoms with E-state index in [1.807, 2.05) is 0 Å². The Morgan fingerprint density at radius 2 is 2.29 bits per heavy atom. The lowest BCUT2D eigenvalue weighted by Gasteiger charge is -1.86. The molecule has 0 spiro atoms. The standard InChI is InChI=1S/C4H5N2O/c1-3(2-5)4(6)7/h1H3,(H2,6,7). The molecule has 1 amide bonds. The van der Waals surface area contributed by atoms with Gasteiger partial charge in [-0.3, -0.25) is 4.79 Å². The van der Waals surface area contributed by atoms with Gasteiger partial charge in [0.15, 0.2) is 5.92 Å². The molecule has 3 nitrogen and oxygen atoms in total. The van der Waals surface area contributed by atoms with Gasteiger partial charge in [0.1, 0.15) is 0 Å². The van der Waals surface area contributed by atoms with Crippen LogP contribution >= 0.6 is 0 Å². The lowest BCUT2D eigenvalue weighted by atomic mass is 10.2. The number of amides is 1. The van der Waals surface area contributed by atoms with Gasteiger partial charge in [-0.05, 0) is 6.92 Å². The third-order valence-electron chi connectivity index (χ3n) is 0.537. The van der Waals surface area contributed by atoms with E-state index in [-0.39, 0.29) is 5.92 Å². The predicted molar refractivity (Wildman–Crippen MR) is 23.7 cm³/mol. The molecule has 0 aliphatic heterocycles. The molecule has 0 aliphatic rings. The van der Waals surface area contributed by atoms with Gasteiger partial charge in [0.05, 0.1) is 6.07 Å². The third kappa shape index (κ3) is 1.77. The van der Waals surface area contributed by atoms with Crippen LogP contribution in [0.15, 0.2) is 0 Å². The summed E-state index contributed by atoms with van der Waals surface area (Å²) >= 11 is 0. The van der Waals surface area contributed by atoms with Gasteiger partial charge in [-0.25, -0.2) is 0 Å². The summed E-state index contributed by atoms with van der Waals surface area (Å²) in [5.41, 5.74) is 4.65. The summed E-state index contributed by atoms with van der Waals surface area (Å²) in [6, 6.07) is 1.61. The number of carbonyl (C=O) groups excluding carboxylic acids is 1. The molecule has 0 aromatic carbocycles. The lowest BCUT2D eigenvalue weighted by molar-refractivity contribution is -0.115. The average molecular weight is 97.1 g/mol. The molecule has 7 heavy (non-hydrogen) atoms. The van der Waals surface area contributed by atoms with E-state index in [1.54, 1.807) is 6.07 Å². The number of nitrogens with two attached hydrogens (primary N) is 1. The summed E-state index contributed by atoms with van der Waals surface area (Å²) in [6.07, 6.45) is 0. The van der Waals surface area contributed by atoms with Gasteiger partial charge in [0.25, 0.3) is 0 Å². The Hall–Kier alpha value is -1.04. The van der Waals surface area contributed by atoms with Crippen LogP contribution in [0.4, 0.5) is 0 Å². The Balaban J connectivity index is 3.63. The first kappa shape index (κ1) is 5.96. The minimum atomic E-state index is -0.650. The van der Waals surface area contributed by atoms with Crippen molar-refractivity contribution in [1.82, 2.24) is 0 Å². The third-order valence-corrected chi connectivity index (χ3v) is 0.537. The topological polar surface area (TPSA) is 66.9 Å². The highest BCUT2D eigenvalue weighted by atomic mass is 16.1. The minimum absolute atomic E-state index is 0.0417. The van der Waals surface area contributed by atoms with Crippen LogP contribution in [-0.2, 0) is 4.79 Å². The van der Waals surface area contributed by atoms with Crippen molar-refractivity contribution >= 4 is 5.91 Å². The van der Waals surface area contributed by atoms with Crippen LogP contribution in [0.2, 0.25) is 0 Å². The molecule has 2 N–H and O–H groups in total. The summed E-state index contributed by atoms with van der Waals surface area (Å²) < 4.78 is 0. The van der Waals surface area contributed by atoms with Gasteiger partial charge in [-0.15, -0.1) is 0 Å². The van der Waals surface area contributed by atoms with Gasteiger partial charge < -0.3 is 5.73 Å². The van der Waals surface area contributed by atoms with Crippen molar-refractivity contribution in [3.05, 3.63) is 5.92 Å². The lowest BCUT2D eigenvalue weighted by Crippen LogP contribution is -2.16. The van der Waals surface area contributed by atoms with Crippen molar-refractivity contribution in [1.29, 1.82) is 5.26 Å². The van der Waals surface area contributed by atoms with E-state index in [4.69, 9.17) is 5.26 Å². The van der Waals surface area contributed by atoms with Crippen LogP contribution in [0.5, 0.6) is 0 Å². The first-order chi connectivity index (χ1) is 3.18. The number of carbonyl (C=O) groups is 1. The summed E-state index contributed by atoms with van der Waals surface area (Å²) in [7, 11) is 0. The molecule has 0 bridgehead atoms. The Bertz CT molecular complexity index is 113. The number of primary amides is 1. The smallest absolute Gasteiger partial charge is 0.239 e.